The number of rotatable bonds is 2. The van der Waals surface area contributed by atoms with Crippen molar-refractivity contribution in [2.75, 3.05) is 0 Å². The first-order valence-corrected chi connectivity index (χ1v) is 7.83. The molecule has 2 unspecified atom stereocenters. The average Bonchev–Trinajstić information content (AvgIpc) is 2.47. The van der Waals surface area contributed by atoms with Crippen molar-refractivity contribution in [1.82, 2.24) is 0 Å². The van der Waals surface area contributed by atoms with E-state index in [4.69, 9.17) is 16.3 Å². The van der Waals surface area contributed by atoms with Crippen molar-refractivity contribution in [2.24, 2.45) is 5.41 Å². The number of hydrogen-bond donors (Lipinski definition) is 0. The summed E-state index contributed by atoms with van der Waals surface area (Å²) < 4.78 is 44.1. The molecule has 0 bridgehead atoms. The molecular weight excluding hydrogens is 301 g/mol. The van der Waals surface area contributed by atoms with Gasteiger partial charge in [-0.25, -0.2) is 0 Å². The summed E-state index contributed by atoms with van der Waals surface area (Å²) in [6, 6.07) is 5.13. The Balaban J connectivity index is 1.75. The third-order valence-corrected chi connectivity index (χ3v) is 5.52. The van der Waals surface area contributed by atoms with E-state index in [1.165, 1.54) is 12.5 Å². The molecule has 0 aliphatic heterocycles. The molecule has 21 heavy (non-hydrogen) atoms. The summed E-state index contributed by atoms with van der Waals surface area (Å²) in [6.45, 7) is 0. The first-order chi connectivity index (χ1) is 9.92. The van der Waals surface area contributed by atoms with Crippen LogP contribution in [-0.4, -0.2) is 11.5 Å². The Morgan fingerprint density at radius 3 is 2.48 bits per heavy atom. The van der Waals surface area contributed by atoms with Crippen LogP contribution in [0.1, 0.15) is 44.1 Å². The second-order valence-electron chi connectivity index (χ2n) is 6.13. The van der Waals surface area contributed by atoms with Gasteiger partial charge in [0.15, 0.2) is 0 Å². The SMILES string of the molecule is FC(F)(F)c1cccc(OC2CC(Cl)C23CCCCC3)c1. The first-order valence-electron chi connectivity index (χ1n) is 7.40. The van der Waals surface area contributed by atoms with Gasteiger partial charge in [-0.15, -0.1) is 11.6 Å². The zero-order valence-electron chi connectivity index (χ0n) is 11.6. The molecule has 2 aliphatic rings. The maximum Gasteiger partial charge on any atom is 0.416 e. The molecule has 116 valence electrons. The predicted octanol–water partition coefficient (Wildman–Crippen LogP) is 5.41. The van der Waals surface area contributed by atoms with E-state index in [9.17, 15) is 13.2 Å². The van der Waals surface area contributed by atoms with Crippen LogP contribution < -0.4 is 4.74 Å². The highest BCUT2D eigenvalue weighted by atomic mass is 35.5. The molecule has 0 heterocycles. The molecule has 0 N–H and O–H groups in total. The molecule has 0 aromatic heterocycles. The van der Waals surface area contributed by atoms with Crippen LogP contribution in [0.15, 0.2) is 24.3 Å². The minimum atomic E-state index is -4.34. The van der Waals surface area contributed by atoms with Gasteiger partial charge in [-0.2, -0.15) is 13.2 Å². The lowest BCUT2D eigenvalue weighted by Gasteiger charge is -2.55. The molecule has 3 rings (SSSR count). The highest BCUT2D eigenvalue weighted by Crippen LogP contribution is 2.55. The van der Waals surface area contributed by atoms with Gasteiger partial charge in [0, 0.05) is 17.2 Å². The molecular formula is C16H18ClF3O. The van der Waals surface area contributed by atoms with Crippen molar-refractivity contribution < 1.29 is 17.9 Å². The molecule has 5 heteroatoms. The zero-order chi connectivity index (χ0) is 15.1. The summed E-state index contributed by atoms with van der Waals surface area (Å²) in [4.78, 5) is 0. The minimum Gasteiger partial charge on any atom is -0.490 e. The van der Waals surface area contributed by atoms with Crippen molar-refractivity contribution >= 4 is 11.6 Å². The van der Waals surface area contributed by atoms with Crippen LogP contribution in [0.4, 0.5) is 13.2 Å². The van der Waals surface area contributed by atoms with Gasteiger partial charge < -0.3 is 4.74 Å². The Morgan fingerprint density at radius 1 is 1.14 bits per heavy atom. The lowest BCUT2D eigenvalue weighted by Crippen LogP contribution is -2.58. The number of alkyl halides is 4. The van der Waals surface area contributed by atoms with Gasteiger partial charge in [0.1, 0.15) is 11.9 Å². The normalized spacial score (nSPS) is 28.2. The van der Waals surface area contributed by atoms with E-state index in [1.54, 1.807) is 6.07 Å². The molecule has 1 aromatic carbocycles. The maximum absolute atomic E-state index is 12.7. The van der Waals surface area contributed by atoms with Crippen LogP contribution in [0.2, 0.25) is 0 Å². The number of ether oxygens (including phenoxy) is 1. The summed E-state index contributed by atoms with van der Waals surface area (Å²) in [7, 11) is 0. The Bertz CT molecular complexity index is 508. The summed E-state index contributed by atoms with van der Waals surface area (Å²) >= 11 is 6.39. The van der Waals surface area contributed by atoms with Crippen LogP contribution in [0.25, 0.3) is 0 Å². The Hall–Kier alpha value is -0.900. The summed E-state index contributed by atoms with van der Waals surface area (Å²) in [5, 5.41) is 0.0913. The lowest BCUT2D eigenvalue weighted by molar-refractivity contribution is -0.137. The molecule has 1 aromatic rings. The smallest absolute Gasteiger partial charge is 0.416 e. The van der Waals surface area contributed by atoms with Crippen molar-refractivity contribution in [2.45, 2.75) is 56.2 Å². The molecule has 2 fully saturated rings. The van der Waals surface area contributed by atoms with E-state index in [0.29, 0.717) is 5.75 Å². The summed E-state index contributed by atoms with van der Waals surface area (Å²) in [5.41, 5.74) is -0.701. The van der Waals surface area contributed by atoms with Gasteiger partial charge in [0.25, 0.3) is 0 Å². The molecule has 0 amide bonds. The van der Waals surface area contributed by atoms with Gasteiger partial charge in [0.05, 0.1) is 5.56 Å². The summed E-state index contributed by atoms with van der Waals surface area (Å²) in [6.07, 6.45) is 1.84. The van der Waals surface area contributed by atoms with Crippen LogP contribution in [0, 0.1) is 5.41 Å². The van der Waals surface area contributed by atoms with Gasteiger partial charge in [-0.05, 0) is 31.0 Å². The van der Waals surface area contributed by atoms with E-state index in [-0.39, 0.29) is 16.9 Å². The zero-order valence-corrected chi connectivity index (χ0v) is 12.4. The molecule has 0 radical (unpaired) electrons. The Kier molecular flexibility index (Phi) is 3.85. The Morgan fingerprint density at radius 2 is 1.86 bits per heavy atom. The molecule has 2 saturated carbocycles. The quantitative estimate of drug-likeness (QED) is 0.662. The monoisotopic (exact) mass is 318 g/mol. The van der Waals surface area contributed by atoms with E-state index in [0.717, 1.165) is 44.2 Å². The predicted molar refractivity (Wildman–Crippen MR) is 75.6 cm³/mol. The van der Waals surface area contributed by atoms with Crippen molar-refractivity contribution in [1.29, 1.82) is 0 Å². The molecule has 2 aliphatic carbocycles. The van der Waals surface area contributed by atoms with Crippen LogP contribution in [0.5, 0.6) is 5.75 Å². The molecule has 1 nitrogen and oxygen atoms in total. The third-order valence-electron chi connectivity index (χ3n) is 4.91. The highest BCUT2D eigenvalue weighted by Gasteiger charge is 2.55. The second kappa shape index (κ2) is 5.38. The fourth-order valence-electron chi connectivity index (χ4n) is 3.62. The number of hydrogen-bond acceptors (Lipinski definition) is 1. The second-order valence-corrected chi connectivity index (χ2v) is 6.66. The topological polar surface area (TPSA) is 9.23 Å². The van der Waals surface area contributed by atoms with Crippen LogP contribution >= 0.6 is 11.6 Å². The highest BCUT2D eigenvalue weighted by molar-refractivity contribution is 6.21. The van der Waals surface area contributed by atoms with E-state index >= 15 is 0 Å². The summed E-state index contributed by atoms with van der Waals surface area (Å²) in [5.74, 6) is 0.295. The van der Waals surface area contributed by atoms with Gasteiger partial charge >= 0.3 is 6.18 Å². The van der Waals surface area contributed by atoms with E-state index < -0.39 is 11.7 Å². The van der Waals surface area contributed by atoms with Gasteiger partial charge in [0.2, 0.25) is 0 Å². The third kappa shape index (κ3) is 2.75. The minimum absolute atomic E-state index is 0.0337. The number of benzene rings is 1. The standard InChI is InChI=1S/C16H18ClF3O/c17-13-10-14(15(13)7-2-1-3-8-15)21-12-6-4-5-11(9-12)16(18,19)20/h4-6,9,13-14H,1-3,7-8,10H2. The average molecular weight is 319 g/mol. The number of halogens is 4. The van der Waals surface area contributed by atoms with Crippen LogP contribution in [-0.2, 0) is 6.18 Å². The van der Waals surface area contributed by atoms with Gasteiger partial charge in [-0.3, -0.25) is 0 Å². The molecule has 1 spiro atoms. The van der Waals surface area contributed by atoms with Gasteiger partial charge in [-0.1, -0.05) is 25.3 Å². The largest absolute Gasteiger partial charge is 0.490 e. The fraction of sp³-hybridized carbons (Fsp3) is 0.625. The molecule has 2 atom stereocenters. The maximum atomic E-state index is 12.7. The van der Waals surface area contributed by atoms with Crippen molar-refractivity contribution in [3.05, 3.63) is 29.8 Å². The van der Waals surface area contributed by atoms with E-state index in [2.05, 4.69) is 0 Å². The Labute approximate surface area is 127 Å². The first kappa shape index (κ1) is 15.0. The lowest BCUT2D eigenvalue weighted by atomic mass is 9.58. The van der Waals surface area contributed by atoms with Crippen molar-refractivity contribution in [3.8, 4) is 5.75 Å². The van der Waals surface area contributed by atoms with Crippen LogP contribution in [0.3, 0.4) is 0 Å². The molecule has 0 saturated heterocycles. The fourth-order valence-corrected chi connectivity index (χ4v) is 4.14. The van der Waals surface area contributed by atoms with Crippen molar-refractivity contribution in [3.63, 3.8) is 0 Å². The van der Waals surface area contributed by atoms with E-state index in [1.807, 2.05) is 0 Å².